The highest BCUT2D eigenvalue weighted by Gasteiger charge is 2.31. The third-order valence-corrected chi connectivity index (χ3v) is 6.16. The molecule has 0 aliphatic rings. The molecule has 2 aromatic heterocycles. The van der Waals surface area contributed by atoms with Crippen LogP contribution >= 0.6 is 0 Å². The first kappa shape index (κ1) is 28.3. The Balaban J connectivity index is 1.82. The number of carbonyl (C=O) groups is 4. The molecule has 0 radical (unpaired) electrons. The molecule has 4 atom stereocenters. The average Bonchev–Trinajstić information content (AvgIpc) is 3.55. The van der Waals surface area contributed by atoms with E-state index in [2.05, 4.69) is 30.9 Å². The van der Waals surface area contributed by atoms with Crippen molar-refractivity contribution in [2.24, 2.45) is 11.7 Å². The Bertz CT molecular complexity index is 1260. The predicted octanol–water partition coefficient (Wildman–Crippen LogP) is -0.809. The van der Waals surface area contributed by atoms with Crippen molar-refractivity contribution in [2.75, 3.05) is 6.61 Å². The van der Waals surface area contributed by atoms with Crippen LogP contribution in [0.15, 0.2) is 43.0 Å². The smallest absolute Gasteiger partial charge is 0.326 e. The molecular formula is C25H33N7O6. The lowest BCUT2D eigenvalue weighted by atomic mass is 10.0. The number of H-pyrrole nitrogens is 2. The van der Waals surface area contributed by atoms with Gasteiger partial charge in [0.25, 0.3) is 0 Å². The van der Waals surface area contributed by atoms with Crippen LogP contribution in [0.4, 0.5) is 0 Å². The van der Waals surface area contributed by atoms with Crippen molar-refractivity contribution >= 4 is 34.6 Å². The molecule has 0 bridgehead atoms. The van der Waals surface area contributed by atoms with Crippen LogP contribution < -0.4 is 21.7 Å². The number of nitrogens with two attached hydrogens (primary N) is 1. The van der Waals surface area contributed by atoms with Crippen molar-refractivity contribution in [1.29, 1.82) is 0 Å². The molecule has 38 heavy (non-hydrogen) atoms. The van der Waals surface area contributed by atoms with Gasteiger partial charge in [-0.25, -0.2) is 9.78 Å². The molecule has 0 fully saturated rings. The van der Waals surface area contributed by atoms with E-state index < -0.39 is 54.5 Å². The van der Waals surface area contributed by atoms with Gasteiger partial charge in [-0.1, -0.05) is 32.0 Å². The molecule has 2 heterocycles. The number of carbonyl (C=O) groups excluding carboxylic acids is 3. The van der Waals surface area contributed by atoms with Crippen LogP contribution in [0.3, 0.4) is 0 Å². The molecule has 0 saturated carbocycles. The molecular weight excluding hydrogens is 494 g/mol. The highest BCUT2D eigenvalue weighted by Crippen LogP contribution is 2.19. The SMILES string of the molecule is CC(C)C(N)C(=O)NC(CO)C(=O)NC(Cc1c[nH]c2ccccc12)C(=O)NC(Cc1cnc[nH]1)C(=O)O. The molecule has 204 valence electrons. The maximum atomic E-state index is 13.3. The summed E-state index contributed by atoms with van der Waals surface area (Å²) in [6, 6.07) is 2.57. The number of carboxylic acids is 1. The Labute approximate surface area is 218 Å². The molecule has 4 unspecified atom stereocenters. The first-order chi connectivity index (χ1) is 18.1. The zero-order chi connectivity index (χ0) is 27.8. The number of hydrogen-bond donors (Lipinski definition) is 8. The largest absolute Gasteiger partial charge is 0.480 e. The van der Waals surface area contributed by atoms with Crippen molar-refractivity contribution in [3.8, 4) is 0 Å². The lowest BCUT2D eigenvalue weighted by Crippen LogP contribution is -2.59. The normalized spacial score (nSPS) is 14.4. The summed E-state index contributed by atoms with van der Waals surface area (Å²) >= 11 is 0. The number of carboxylic acid groups (broad SMARTS) is 1. The molecule has 13 heteroatoms. The number of aromatic nitrogens is 3. The highest BCUT2D eigenvalue weighted by atomic mass is 16.4. The van der Waals surface area contributed by atoms with E-state index in [4.69, 9.17) is 5.73 Å². The van der Waals surface area contributed by atoms with Crippen LogP contribution in [0, 0.1) is 5.92 Å². The lowest BCUT2D eigenvalue weighted by Gasteiger charge is -2.25. The van der Waals surface area contributed by atoms with Crippen LogP contribution in [0.2, 0.25) is 0 Å². The lowest BCUT2D eigenvalue weighted by molar-refractivity contribution is -0.142. The number of benzene rings is 1. The van der Waals surface area contributed by atoms with E-state index in [1.54, 1.807) is 20.0 Å². The fraction of sp³-hybridized carbons (Fsp3) is 0.400. The second-order valence-electron chi connectivity index (χ2n) is 9.32. The number of fused-ring (bicyclic) bond motifs is 1. The molecule has 0 saturated heterocycles. The number of aromatic amines is 2. The predicted molar refractivity (Wildman–Crippen MR) is 138 cm³/mol. The fourth-order valence-corrected chi connectivity index (χ4v) is 3.86. The van der Waals surface area contributed by atoms with Crippen LogP contribution in [-0.2, 0) is 32.0 Å². The number of para-hydroxylation sites is 1. The minimum Gasteiger partial charge on any atom is -0.480 e. The van der Waals surface area contributed by atoms with Crippen molar-refractivity contribution < 1.29 is 29.4 Å². The highest BCUT2D eigenvalue weighted by molar-refractivity contribution is 5.95. The van der Waals surface area contributed by atoms with Gasteiger partial charge < -0.3 is 41.9 Å². The van der Waals surface area contributed by atoms with Crippen LogP contribution in [0.1, 0.15) is 25.1 Å². The minimum atomic E-state index is -1.37. The van der Waals surface area contributed by atoms with Gasteiger partial charge in [-0.3, -0.25) is 14.4 Å². The summed E-state index contributed by atoms with van der Waals surface area (Å²) in [5.41, 5.74) is 7.86. The van der Waals surface area contributed by atoms with Crippen LogP contribution in [0.5, 0.6) is 0 Å². The zero-order valence-corrected chi connectivity index (χ0v) is 21.1. The van der Waals surface area contributed by atoms with E-state index in [0.29, 0.717) is 11.3 Å². The first-order valence-electron chi connectivity index (χ1n) is 12.1. The Kier molecular flexibility index (Phi) is 9.57. The van der Waals surface area contributed by atoms with Gasteiger partial charge >= 0.3 is 5.97 Å². The summed E-state index contributed by atoms with van der Waals surface area (Å²) in [6.45, 7) is 2.74. The van der Waals surface area contributed by atoms with E-state index in [1.165, 1.54) is 12.5 Å². The third-order valence-electron chi connectivity index (χ3n) is 6.16. The van der Waals surface area contributed by atoms with Crippen molar-refractivity contribution in [1.82, 2.24) is 30.9 Å². The number of aliphatic hydroxyl groups is 1. The average molecular weight is 528 g/mol. The second-order valence-corrected chi connectivity index (χ2v) is 9.32. The summed E-state index contributed by atoms with van der Waals surface area (Å²) in [4.78, 5) is 60.3. The van der Waals surface area contributed by atoms with Crippen LogP contribution in [-0.4, -0.2) is 79.6 Å². The quantitative estimate of drug-likeness (QED) is 0.140. The van der Waals surface area contributed by atoms with E-state index in [0.717, 1.165) is 10.9 Å². The number of aliphatic hydroxyl groups excluding tert-OH is 1. The van der Waals surface area contributed by atoms with Crippen LogP contribution in [0.25, 0.3) is 10.9 Å². The molecule has 3 rings (SSSR count). The summed E-state index contributed by atoms with van der Waals surface area (Å²) in [7, 11) is 0. The van der Waals surface area contributed by atoms with Gasteiger partial charge in [-0.15, -0.1) is 0 Å². The fourth-order valence-electron chi connectivity index (χ4n) is 3.86. The van der Waals surface area contributed by atoms with Crippen molar-refractivity contribution in [2.45, 2.75) is 50.9 Å². The summed E-state index contributed by atoms with van der Waals surface area (Å²) in [5, 5.41) is 27.7. The summed E-state index contributed by atoms with van der Waals surface area (Å²) < 4.78 is 0. The van der Waals surface area contributed by atoms with E-state index in [1.807, 2.05) is 24.3 Å². The number of hydrogen-bond acceptors (Lipinski definition) is 7. The van der Waals surface area contributed by atoms with Gasteiger partial charge in [0.05, 0.1) is 19.0 Å². The summed E-state index contributed by atoms with van der Waals surface area (Å²) in [5.74, 6) is -3.68. The third kappa shape index (κ3) is 7.17. The molecule has 0 aliphatic heterocycles. The number of amides is 3. The molecule has 0 aliphatic carbocycles. The number of rotatable bonds is 13. The Morgan fingerprint density at radius 3 is 2.24 bits per heavy atom. The maximum Gasteiger partial charge on any atom is 0.326 e. The van der Waals surface area contributed by atoms with E-state index in [9.17, 15) is 29.4 Å². The summed E-state index contributed by atoms with van der Waals surface area (Å²) in [6.07, 6.45) is 4.49. The van der Waals surface area contributed by atoms with Gasteiger partial charge in [0.1, 0.15) is 18.1 Å². The van der Waals surface area contributed by atoms with Gasteiger partial charge in [0.2, 0.25) is 17.7 Å². The Hall–Kier alpha value is -4.23. The first-order valence-corrected chi connectivity index (χ1v) is 12.1. The van der Waals surface area contributed by atoms with Gasteiger partial charge in [0.15, 0.2) is 0 Å². The van der Waals surface area contributed by atoms with Gasteiger partial charge in [-0.2, -0.15) is 0 Å². The molecule has 9 N–H and O–H groups in total. The Morgan fingerprint density at radius 2 is 1.61 bits per heavy atom. The molecule has 13 nitrogen and oxygen atoms in total. The standard InChI is InChI=1S/C25H33N7O6/c1-13(2)21(26)24(36)32-20(11-33)23(35)30-18(7-14-9-28-17-6-4-3-5-16(14)17)22(34)31-19(25(37)38)8-15-10-27-12-29-15/h3-6,9-10,12-13,18-21,28,33H,7-8,11,26H2,1-2H3,(H,27,29)(H,30,35)(H,31,34)(H,32,36)(H,37,38). The molecule has 3 amide bonds. The molecule has 3 aromatic rings. The van der Waals surface area contributed by atoms with Crippen molar-refractivity contribution in [3.63, 3.8) is 0 Å². The van der Waals surface area contributed by atoms with Crippen molar-refractivity contribution in [3.05, 3.63) is 54.2 Å². The Morgan fingerprint density at radius 1 is 0.947 bits per heavy atom. The van der Waals surface area contributed by atoms with E-state index in [-0.39, 0.29) is 18.8 Å². The number of nitrogens with one attached hydrogen (secondary N) is 5. The number of imidazole rings is 1. The van der Waals surface area contributed by atoms with Gasteiger partial charge in [0, 0.05) is 41.8 Å². The van der Waals surface area contributed by atoms with Gasteiger partial charge in [-0.05, 0) is 17.5 Å². The maximum absolute atomic E-state index is 13.3. The minimum absolute atomic E-state index is 0.00951. The monoisotopic (exact) mass is 527 g/mol. The second kappa shape index (κ2) is 12.8. The number of aliphatic carboxylic acids is 1. The molecule has 0 spiro atoms. The molecule has 1 aromatic carbocycles. The van der Waals surface area contributed by atoms with E-state index >= 15 is 0 Å². The zero-order valence-electron chi connectivity index (χ0n) is 21.1. The topological polar surface area (TPSA) is 215 Å². The number of nitrogens with zero attached hydrogens (tertiary/aromatic N) is 1.